The molecule has 0 aliphatic rings. The highest BCUT2D eigenvalue weighted by Crippen LogP contribution is 2.14. The minimum atomic E-state index is -0.149. The van der Waals surface area contributed by atoms with Gasteiger partial charge in [0.15, 0.2) is 7.28 Å². The predicted molar refractivity (Wildman–Crippen MR) is 74.0 cm³/mol. The Labute approximate surface area is 105 Å². The number of nitrogens with one attached hydrogen (secondary N) is 1. The van der Waals surface area contributed by atoms with Gasteiger partial charge in [-0.25, -0.2) is 4.98 Å². The number of aromatic nitrogens is 3. The number of hydrogen-bond donors (Lipinski definition) is 1. The fraction of sp³-hybridized carbons (Fsp3) is 0.231. The Bertz CT molecular complexity index is 816. The standard InChI is InChI=1S/C13H13BN3O/c1-7-4-5-10-9(6-7)15-13(18)12-16-11(14-3)8(2)17(10)12/h4-6H,1-3H3,(H,15,18). The van der Waals surface area contributed by atoms with Crippen LogP contribution in [0.2, 0.25) is 6.82 Å². The minimum absolute atomic E-state index is 0.149. The van der Waals surface area contributed by atoms with Gasteiger partial charge in [-0.3, -0.25) is 9.20 Å². The van der Waals surface area contributed by atoms with Crippen LogP contribution in [0.4, 0.5) is 0 Å². The topological polar surface area (TPSA) is 50.2 Å². The van der Waals surface area contributed by atoms with E-state index in [1.807, 2.05) is 50.5 Å². The van der Waals surface area contributed by atoms with Crippen molar-refractivity contribution in [3.05, 3.63) is 39.8 Å². The van der Waals surface area contributed by atoms with Crippen molar-refractivity contribution in [2.24, 2.45) is 0 Å². The Morgan fingerprint density at radius 1 is 1.33 bits per heavy atom. The Hall–Kier alpha value is -2.04. The van der Waals surface area contributed by atoms with Gasteiger partial charge in [0.2, 0.25) is 5.65 Å². The summed E-state index contributed by atoms with van der Waals surface area (Å²) in [5.41, 5.74) is 5.10. The van der Waals surface area contributed by atoms with Crippen LogP contribution in [0, 0.1) is 13.8 Å². The zero-order valence-electron chi connectivity index (χ0n) is 10.6. The van der Waals surface area contributed by atoms with Crippen molar-refractivity contribution in [3.63, 3.8) is 0 Å². The molecule has 1 N–H and O–H groups in total. The second-order valence-corrected chi connectivity index (χ2v) is 4.50. The minimum Gasteiger partial charge on any atom is -0.317 e. The van der Waals surface area contributed by atoms with E-state index in [2.05, 4.69) is 9.97 Å². The lowest BCUT2D eigenvalue weighted by molar-refractivity contribution is 1.12. The Balaban J connectivity index is 2.60. The van der Waals surface area contributed by atoms with Crippen LogP contribution in [0.3, 0.4) is 0 Å². The van der Waals surface area contributed by atoms with Gasteiger partial charge in [0.25, 0.3) is 5.56 Å². The van der Waals surface area contributed by atoms with Crippen molar-refractivity contribution in [1.29, 1.82) is 0 Å². The van der Waals surface area contributed by atoms with Gasteiger partial charge in [0.1, 0.15) is 0 Å². The molecule has 3 aromatic rings. The van der Waals surface area contributed by atoms with Crippen LogP contribution >= 0.6 is 0 Å². The molecule has 1 aromatic carbocycles. The molecule has 2 aromatic heterocycles. The van der Waals surface area contributed by atoms with Gasteiger partial charge >= 0.3 is 0 Å². The summed E-state index contributed by atoms with van der Waals surface area (Å²) in [6.45, 7) is 5.91. The summed E-state index contributed by atoms with van der Waals surface area (Å²) in [5.74, 6) is 0. The summed E-state index contributed by atoms with van der Waals surface area (Å²) in [5, 5.41) is 0. The van der Waals surface area contributed by atoms with Gasteiger partial charge in [-0.1, -0.05) is 12.9 Å². The van der Waals surface area contributed by atoms with E-state index in [-0.39, 0.29) is 5.56 Å². The number of aromatic amines is 1. The Kier molecular flexibility index (Phi) is 2.30. The van der Waals surface area contributed by atoms with E-state index in [4.69, 9.17) is 0 Å². The number of benzene rings is 1. The second kappa shape index (κ2) is 3.73. The summed E-state index contributed by atoms with van der Waals surface area (Å²) < 4.78 is 1.92. The average molecular weight is 238 g/mol. The van der Waals surface area contributed by atoms with Crippen molar-refractivity contribution < 1.29 is 0 Å². The maximum absolute atomic E-state index is 12.0. The van der Waals surface area contributed by atoms with Crippen molar-refractivity contribution >= 4 is 29.6 Å². The lowest BCUT2D eigenvalue weighted by Crippen LogP contribution is -2.15. The molecule has 0 aliphatic carbocycles. The number of hydrogen-bond acceptors (Lipinski definition) is 2. The molecule has 0 amide bonds. The fourth-order valence-electron chi connectivity index (χ4n) is 2.36. The zero-order chi connectivity index (χ0) is 12.9. The molecule has 2 heterocycles. The molecule has 0 unspecified atom stereocenters. The number of aryl methyl sites for hydroxylation is 2. The summed E-state index contributed by atoms with van der Waals surface area (Å²) in [4.78, 5) is 19.3. The van der Waals surface area contributed by atoms with Gasteiger partial charge in [-0.2, -0.15) is 0 Å². The summed E-state index contributed by atoms with van der Waals surface area (Å²) in [6.07, 6.45) is 0. The molecule has 0 saturated heterocycles. The first-order valence-electron chi connectivity index (χ1n) is 5.93. The van der Waals surface area contributed by atoms with Crippen LogP contribution in [0.5, 0.6) is 0 Å². The molecule has 0 aliphatic heterocycles. The molecular weight excluding hydrogens is 225 g/mol. The van der Waals surface area contributed by atoms with E-state index in [9.17, 15) is 4.79 Å². The quantitative estimate of drug-likeness (QED) is 0.647. The number of H-pyrrole nitrogens is 1. The lowest BCUT2D eigenvalue weighted by Gasteiger charge is -2.04. The third-order valence-electron chi connectivity index (χ3n) is 3.26. The Morgan fingerprint density at radius 3 is 2.83 bits per heavy atom. The highest BCUT2D eigenvalue weighted by atomic mass is 16.1. The first-order valence-corrected chi connectivity index (χ1v) is 5.93. The molecule has 0 spiro atoms. The fourth-order valence-corrected chi connectivity index (χ4v) is 2.36. The maximum atomic E-state index is 12.0. The number of rotatable bonds is 1. The first kappa shape index (κ1) is 11.1. The second-order valence-electron chi connectivity index (χ2n) is 4.50. The maximum Gasteiger partial charge on any atom is 0.292 e. The third kappa shape index (κ3) is 1.40. The molecule has 0 saturated carbocycles. The van der Waals surface area contributed by atoms with Crippen molar-refractivity contribution in [2.45, 2.75) is 20.7 Å². The van der Waals surface area contributed by atoms with Crippen LogP contribution in [-0.2, 0) is 0 Å². The molecule has 18 heavy (non-hydrogen) atoms. The van der Waals surface area contributed by atoms with Gasteiger partial charge in [0.05, 0.1) is 11.0 Å². The van der Waals surface area contributed by atoms with Gasteiger partial charge in [-0.05, 0) is 31.5 Å². The molecule has 3 rings (SSSR count). The lowest BCUT2D eigenvalue weighted by atomic mass is 9.77. The predicted octanol–water partition coefficient (Wildman–Crippen LogP) is 1.17. The molecule has 0 fully saturated rings. The summed E-state index contributed by atoms with van der Waals surface area (Å²) in [6, 6.07) is 6.03. The van der Waals surface area contributed by atoms with E-state index in [1.54, 1.807) is 0 Å². The van der Waals surface area contributed by atoms with E-state index in [0.717, 1.165) is 27.9 Å². The SMILES string of the molecule is C[B]c1nc2c(=O)[nH]c3cc(C)ccc3n2c1C. The molecular formula is C13H13BN3O. The summed E-state index contributed by atoms with van der Waals surface area (Å²) in [7, 11) is 1.92. The number of imidazole rings is 1. The van der Waals surface area contributed by atoms with Crippen LogP contribution in [0.25, 0.3) is 16.7 Å². The van der Waals surface area contributed by atoms with E-state index < -0.39 is 0 Å². The van der Waals surface area contributed by atoms with Gasteiger partial charge in [-0.15, -0.1) is 0 Å². The molecule has 89 valence electrons. The van der Waals surface area contributed by atoms with Crippen LogP contribution in [0.15, 0.2) is 23.0 Å². The normalized spacial score (nSPS) is 11.3. The molecule has 0 atom stereocenters. The largest absolute Gasteiger partial charge is 0.317 e. The first-order chi connectivity index (χ1) is 8.61. The number of nitrogens with zero attached hydrogens (tertiary/aromatic N) is 2. The molecule has 4 nitrogen and oxygen atoms in total. The van der Waals surface area contributed by atoms with Gasteiger partial charge < -0.3 is 4.98 Å². The highest BCUT2D eigenvalue weighted by Gasteiger charge is 2.12. The van der Waals surface area contributed by atoms with E-state index >= 15 is 0 Å². The molecule has 5 heteroatoms. The Morgan fingerprint density at radius 2 is 2.11 bits per heavy atom. The van der Waals surface area contributed by atoms with Crippen molar-refractivity contribution in [2.75, 3.05) is 0 Å². The van der Waals surface area contributed by atoms with Crippen molar-refractivity contribution in [1.82, 2.24) is 14.4 Å². The molecule has 0 bridgehead atoms. The van der Waals surface area contributed by atoms with Gasteiger partial charge in [0, 0.05) is 11.3 Å². The average Bonchev–Trinajstić information content (AvgIpc) is 2.67. The summed E-state index contributed by atoms with van der Waals surface area (Å²) >= 11 is 0. The van der Waals surface area contributed by atoms with Crippen molar-refractivity contribution in [3.8, 4) is 0 Å². The van der Waals surface area contributed by atoms with E-state index in [1.165, 1.54) is 0 Å². The zero-order valence-corrected chi connectivity index (χ0v) is 10.6. The number of fused-ring (bicyclic) bond motifs is 3. The smallest absolute Gasteiger partial charge is 0.292 e. The van der Waals surface area contributed by atoms with Crippen LogP contribution < -0.4 is 11.2 Å². The monoisotopic (exact) mass is 238 g/mol. The molecule has 1 radical (unpaired) electrons. The third-order valence-corrected chi connectivity index (χ3v) is 3.26. The highest BCUT2D eigenvalue weighted by molar-refractivity contribution is 6.51. The van der Waals surface area contributed by atoms with Crippen LogP contribution in [0.1, 0.15) is 11.3 Å². The van der Waals surface area contributed by atoms with Crippen LogP contribution in [-0.4, -0.2) is 21.6 Å². The van der Waals surface area contributed by atoms with E-state index in [0.29, 0.717) is 5.65 Å².